The molecule has 2 heterocycles. The van der Waals surface area contributed by atoms with Crippen molar-refractivity contribution in [3.63, 3.8) is 0 Å². The number of rotatable bonds is 5. The van der Waals surface area contributed by atoms with Crippen LogP contribution < -0.4 is 10.2 Å². The molecule has 0 spiro atoms. The zero-order valence-electron chi connectivity index (χ0n) is 12.2. The fraction of sp³-hybridized carbons (Fsp3) is 0.846. The molecule has 0 radical (unpaired) electrons. The van der Waals surface area contributed by atoms with Gasteiger partial charge < -0.3 is 19.5 Å². The third-order valence-electron chi connectivity index (χ3n) is 3.60. The fourth-order valence-corrected chi connectivity index (χ4v) is 2.51. The van der Waals surface area contributed by atoms with Crippen molar-refractivity contribution in [2.75, 3.05) is 38.1 Å². The Hall–Kier alpha value is -1.14. The maximum absolute atomic E-state index is 5.77. The smallest absolute Gasteiger partial charge is 0.318 e. The summed E-state index contributed by atoms with van der Waals surface area (Å²) in [6.45, 7) is 9.01. The highest BCUT2D eigenvalue weighted by Crippen LogP contribution is 2.20. The quantitative estimate of drug-likeness (QED) is 0.862. The Morgan fingerprint density at radius 3 is 2.89 bits per heavy atom. The van der Waals surface area contributed by atoms with Gasteiger partial charge in [0.05, 0.1) is 6.54 Å². The van der Waals surface area contributed by atoms with Crippen molar-refractivity contribution in [2.24, 2.45) is 0 Å². The highest BCUT2D eigenvalue weighted by atomic mass is 16.4. The zero-order chi connectivity index (χ0) is 13.7. The molecule has 1 aliphatic heterocycles. The van der Waals surface area contributed by atoms with Gasteiger partial charge in [0.2, 0.25) is 5.89 Å². The van der Waals surface area contributed by atoms with Crippen LogP contribution in [-0.2, 0) is 6.54 Å². The average molecular weight is 267 g/mol. The lowest BCUT2D eigenvalue weighted by molar-refractivity contribution is 0.324. The summed E-state index contributed by atoms with van der Waals surface area (Å²) >= 11 is 0. The maximum atomic E-state index is 5.77. The minimum absolute atomic E-state index is 0.458. The molecule has 1 aromatic heterocycles. The van der Waals surface area contributed by atoms with E-state index in [1.807, 2.05) is 0 Å². The molecule has 1 fully saturated rings. The summed E-state index contributed by atoms with van der Waals surface area (Å²) in [6, 6.07) is 1.13. The summed E-state index contributed by atoms with van der Waals surface area (Å²) in [5.74, 6) is 0.671. The van der Waals surface area contributed by atoms with Crippen molar-refractivity contribution in [3.8, 4) is 0 Å². The van der Waals surface area contributed by atoms with Crippen LogP contribution in [0.2, 0.25) is 0 Å². The molecule has 1 unspecified atom stereocenters. The van der Waals surface area contributed by atoms with Gasteiger partial charge in [0.25, 0.3) is 0 Å². The average Bonchev–Trinajstić information content (AvgIpc) is 2.79. The van der Waals surface area contributed by atoms with Crippen LogP contribution in [0.5, 0.6) is 0 Å². The molecule has 1 saturated heterocycles. The summed E-state index contributed by atoms with van der Waals surface area (Å²) in [5, 5.41) is 11.5. The number of hydrogen-bond acceptors (Lipinski definition) is 6. The summed E-state index contributed by atoms with van der Waals surface area (Å²) in [7, 11) is 2.18. The standard InChI is InChI=1S/C13H25N5O/c1-4-11-10-17(3)7-6-8-18(11)13-16-15-12(19-13)9-14-5-2/h11,14H,4-10H2,1-3H3. The van der Waals surface area contributed by atoms with Crippen LogP contribution in [0.3, 0.4) is 0 Å². The molecule has 0 amide bonds. The molecule has 108 valence electrons. The fourth-order valence-electron chi connectivity index (χ4n) is 2.51. The predicted octanol–water partition coefficient (Wildman–Crippen LogP) is 1.10. The summed E-state index contributed by atoms with van der Waals surface area (Å²) in [4.78, 5) is 4.65. The van der Waals surface area contributed by atoms with Crippen LogP contribution in [0.1, 0.15) is 32.6 Å². The Balaban J connectivity index is 2.07. The van der Waals surface area contributed by atoms with E-state index in [2.05, 4.69) is 46.2 Å². The molecule has 1 aliphatic rings. The van der Waals surface area contributed by atoms with Crippen molar-refractivity contribution in [3.05, 3.63) is 5.89 Å². The number of nitrogens with one attached hydrogen (secondary N) is 1. The van der Waals surface area contributed by atoms with Crippen LogP contribution in [-0.4, -0.2) is 54.4 Å². The molecule has 2 rings (SSSR count). The van der Waals surface area contributed by atoms with Crippen LogP contribution >= 0.6 is 0 Å². The van der Waals surface area contributed by atoms with E-state index in [1.165, 1.54) is 0 Å². The highest BCUT2D eigenvalue weighted by molar-refractivity contribution is 5.27. The number of likely N-dealkylation sites (N-methyl/N-ethyl adjacent to an activating group) is 1. The van der Waals surface area contributed by atoms with Gasteiger partial charge in [-0.15, -0.1) is 5.10 Å². The predicted molar refractivity (Wildman–Crippen MR) is 75.2 cm³/mol. The van der Waals surface area contributed by atoms with Crippen molar-refractivity contribution < 1.29 is 4.42 Å². The van der Waals surface area contributed by atoms with E-state index < -0.39 is 0 Å². The highest BCUT2D eigenvalue weighted by Gasteiger charge is 2.25. The summed E-state index contributed by atoms with van der Waals surface area (Å²) in [5.41, 5.74) is 0. The van der Waals surface area contributed by atoms with E-state index >= 15 is 0 Å². The first kappa shape index (κ1) is 14.3. The Bertz CT molecular complexity index is 381. The van der Waals surface area contributed by atoms with Gasteiger partial charge in [0.15, 0.2) is 0 Å². The monoisotopic (exact) mass is 267 g/mol. The van der Waals surface area contributed by atoms with E-state index in [4.69, 9.17) is 4.42 Å². The molecule has 1 aromatic rings. The first-order valence-corrected chi connectivity index (χ1v) is 7.22. The minimum atomic E-state index is 0.458. The lowest BCUT2D eigenvalue weighted by Gasteiger charge is -2.28. The second-order valence-electron chi connectivity index (χ2n) is 5.13. The van der Waals surface area contributed by atoms with Gasteiger partial charge in [-0.25, -0.2) is 0 Å². The number of nitrogens with zero attached hydrogens (tertiary/aromatic N) is 4. The third-order valence-corrected chi connectivity index (χ3v) is 3.60. The number of aromatic nitrogens is 2. The van der Waals surface area contributed by atoms with E-state index in [0.717, 1.165) is 39.0 Å². The molecule has 0 bridgehead atoms. The molecule has 0 saturated carbocycles. The normalized spacial score (nSPS) is 21.6. The molecule has 19 heavy (non-hydrogen) atoms. The van der Waals surface area contributed by atoms with E-state index in [9.17, 15) is 0 Å². The summed E-state index contributed by atoms with van der Waals surface area (Å²) < 4.78 is 5.77. The molecule has 0 aromatic carbocycles. The van der Waals surface area contributed by atoms with Crippen LogP contribution in [0, 0.1) is 0 Å². The molecule has 6 nitrogen and oxygen atoms in total. The second-order valence-corrected chi connectivity index (χ2v) is 5.13. The number of anilines is 1. The number of hydrogen-bond donors (Lipinski definition) is 1. The van der Waals surface area contributed by atoms with Crippen LogP contribution in [0.25, 0.3) is 0 Å². The minimum Gasteiger partial charge on any atom is -0.407 e. The van der Waals surface area contributed by atoms with Gasteiger partial charge >= 0.3 is 6.01 Å². The lowest BCUT2D eigenvalue weighted by Crippen LogP contribution is -2.40. The van der Waals surface area contributed by atoms with Gasteiger partial charge in [0.1, 0.15) is 0 Å². The SMILES string of the molecule is CCNCc1nnc(N2CCCN(C)CC2CC)o1. The molecule has 0 aliphatic carbocycles. The van der Waals surface area contributed by atoms with Gasteiger partial charge in [-0.3, -0.25) is 0 Å². The van der Waals surface area contributed by atoms with Crippen molar-refractivity contribution in [1.82, 2.24) is 20.4 Å². The summed E-state index contributed by atoms with van der Waals surface area (Å²) in [6.07, 6.45) is 2.23. The van der Waals surface area contributed by atoms with Gasteiger partial charge in [-0.1, -0.05) is 18.9 Å². The first-order valence-electron chi connectivity index (χ1n) is 7.22. The lowest BCUT2D eigenvalue weighted by atomic mass is 10.2. The van der Waals surface area contributed by atoms with Gasteiger partial charge in [0, 0.05) is 19.1 Å². The molecule has 1 N–H and O–H groups in total. The van der Waals surface area contributed by atoms with Crippen molar-refractivity contribution in [1.29, 1.82) is 0 Å². The Kier molecular flexibility index (Phi) is 5.15. The second kappa shape index (κ2) is 6.86. The van der Waals surface area contributed by atoms with Gasteiger partial charge in [-0.05, 0) is 33.0 Å². The molecule has 1 atom stereocenters. The van der Waals surface area contributed by atoms with Crippen molar-refractivity contribution in [2.45, 2.75) is 39.3 Å². The molecular formula is C13H25N5O. The topological polar surface area (TPSA) is 57.4 Å². The zero-order valence-corrected chi connectivity index (χ0v) is 12.2. The van der Waals surface area contributed by atoms with E-state index in [-0.39, 0.29) is 0 Å². The third kappa shape index (κ3) is 3.67. The van der Waals surface area contributed by atoms with Crippen LogP contribution in [0.15, 0.2) is 4.42 Å². The van der Waals surface area contributed by atoms with Gasteiger partial charge in [-0.2, -0.15) is 0 Å². The van der Waals surface area contributed by atoms with E-state index in [1.54, 1.807) is 0 Å². The largest absolute Gasteiger partial charge is 0.407 e. The first-order chi connectivity index (χ1) is 9.24. The Labute approximate surface area is 115 Å². The molecular weight excluding hydrogens is 242 g/mol. The van der Waals surface area contributed by atoms with Crippen molar-refractivity contribution >= 4 is 6.01 Å². The molecule has 6 heteroatoms. The maximum Gasteiger partial charge on any atom is 0.318 e. The van der Waals surface area contributed by atoms with E-state index in [0.29, 0.717) is 24.5 Å². The van der Waals surface area contributed by atoms with Crippen LogP contribution in [0.4, 0.5) is 6.01 Å². The Morgan fingerprint density at radius 2 is 2.16 bits per heavy atom. The Morgan fingerprint density at radius 1 is 1.32 bits per heavy atom.